The van der Waals surface area contributed by atoms with Gasteiger partial charge in [0.2, 0.25) is 0 Å². The van der Waals surface area contributed by atoms with Crippen LogP contribution in [0.2, 0.25) is 0 Å². The molecule has 2 nitrogen and oxygen atoms in total. The normalized spacial score (nSPS) is 50.2. The fraction of sp³-hybridized carbons (Fsp3) is 0.818. The van der Waals surface area contributed by atoms with Crippen LogP contribution in [0.5, 0.6) is 0 Å². The molecular weight excluding hydrogens is 164 g/mol. The van der Waals surface area contributed by atoms with Crippen molar-refractivity contribution in [3.05, 3.63) is 12.2 Å². The molecule has 0 unspecified atom stereocenters. The maximum Gasteiger partial charge on any atom is 0.0995 e. The molecule has 0 aliphatic heterocycles. The zero-order valence-corrected chi connectivity index (χ0v) is 8.16. The van der Waals surface area contributed by atoms with E-state index in [1.165, 1.54) is 0 Å². The monoisotopic (exact) mass is 182 g/mol. The Bertz CT molecular complexity index is 236. The van der Waals surface area contributed by atoms with E-state index in [9.17, 15) is 10.2 Å². The highest BCUT2D eigenvalue weighted by Crippen LogP contribution is 2.47. The van der Waals surface area contributed by atoms with Gasteiger partial charge in [0.05, 0.1) is 11.2 Å². The molecule has 0 spiro atoms. The fourth-order valence-electron chi connectivity index (χ4n) is 2.82. The van der Waals surface area contributed by atoms with Crippen molar-refractivity contribution in [2.75, 3.05) is 0 Å². The molecule has 0 saturated heterocycles. The van der Waals surface area contributed by atoms with Crippen LogP contribution < -0.4 is 0 Å². The van der Waals surface area contributed by atoms with Gasteiger partial charge in [-0.2, -0.15) is 0 Å². The van der Waals surface area contributed by atoms with Gasteiger partial charge >= 0.3 is 0 Å². The molecule has 0 aromatic heterocycles. The van der Waals surface area contributed by atoms with Crippen molar-refractivity contribution in [1.82, 2.24) is 0 Å². The van der Waals surface area contributed by atoms with Gasteiger partial charge in [-0.15, -0.1) is 0 Å². The van der Waals surface area contributed by atoms with Gasteiger partial charge in [-0.1, -0.05) is 31.9 Å². The molecule has 1 fully saturated rings. The molecule has 2 aliphatic rings. The Hall–Kier alpha value is -0.340. The Morgan fingerprint density at radius 3 is 2.62 bits per heavy atom. The highest BCUT2D eigenvalue weighted by Gasteiger charge is 2.53. The van der Waals surface area contributed by atoms with E-state index in [1.807, 2.05) is 19.1 Å². The summed E-state index contributed by atoms with van der Waals surface area (Å²) < 4.78 is 0. The summed E-state index contributed by atoms with van der Waals surface area (Å²) in [6.07, 6.45) is 8.22. The Morgan fingerprint density at radius 2 is 1.92 bits per heavy atom. The van der Waals surface area contributed by atoms with Crippen LogP contribution in [0, 0.1) is 5.92 Å². The lowest BCUT2D eigenvalue weighted by Crippen LogP contribution is -2.60. The van der Waals surface area contributed by atoms with Crippen LogP contribution in [0.3, 0.4) is 0 Å². The van der Waals surface area contributed by atoms with Gasteiger partial charge in [-0.3, -0.25) is 0 Å². The zero-order valence-electron chi connectivity index (χ0n) is 8.16. The molecule has 0 bridgehead atoms. The first-order valence-corrected chi connectivity index (χ1v) is 5.20. The smallest absolute Gasteiger partial charge is 0.0995 e. The van der Waals surface area contributed by atoms with Crippen molar-refractivity contribution >= 4 is 0 Å². The third-order valence-corrected chi connectivity index (χ3v) is 3.84. The first-order valence-electron chi connectivity index (χ1n) is 5.20. The largest absolute Gasteiger partial charge is 0.387 e. The summed E-state index contributed by atoms with van der Waals surface area (Å²) >= 11 is 0. The van der Waals surface area contributed by atoms with E-state index in [2.05, 4.69) is 0 Å². The van der Waals surface area contributed by atoms with Crippen LogP contribution in [-0.4, -0.2) is 21.4 Å². The van der Waals surface area contributed by atoms with Gasteiger partial charge in [0.25, 0.3) is 0 Å². The SMILES string of the molecule is C[C@@H]1C=CC[C@@]2(O)CCCC[C@@]12O. The summed E-state index contributed by atoms with van der Waals surface area (Å²) in [5.74, 6) is 0.0894. The average Bonchev–Trinajstić information content (AvgIpc) is 2.09. The molecule has 0 radical (unpaired) electrons. The molecule has 2 N–H and O–H groups in total. The summed E-state index contributed by atoms with van der Waals surface area (Å²) in [6, 6.07) is 0. The predicted octanol–water partition coefficient (Wildman–Crippen LogP) is 1.62. The van der Waals surface area contributed by atoms with Gasteiger partial charge < -0.3 is 10.2 Å². The highest BCUT2D eigenvalue weighted by atomic mass is 16.4. The third kappa shape index (κ3) is 1.16. The van der Waals surface area contributed by atoms with Crippen LogP contribution in [0.25, 0.3) is 0 Å². The lowest BCUT2D eigenvalue weighted by molar-refractivity contribution is -0.195. The molecule has 2 heteroatoms. The van der Waals surface area contributed by atoms with Crippen molar-refractivity contribution in [3.63, 3.8) is 0 Å². The van der Waals surface area contributed by atoms with Crippen LogP contribution in [0.15, 0.2) is 12.2 Å². The Kier molecular flexibility index (Phi) is 2.00. The summed E-state index contributed by atoms with van der Waals surface area (Å²) in [5.41, 5.74) is -1.71. The number of rotatable bonds is 0. The minimum atomic E-state index is -0.861. The minimum Gasteiger partial charge on any atom is -0.387 e. The molecule has 74 valence electrons. The molecule has 0 heterocycles. The number of hydrogen-bond donors (Lipinski definition) is 2. The van der Waals surface area contributed by atoms with Crippen molar-refractivity contribution in [2.45, 2.75) is 50.2 Å². The average molecular weight is 182 g/mol. The molecule has 0 amide bonds. The summed E-state index contributed by atoms with van der Waals surface area (Å²) in [5, 5.41) is 20.7. The van der Waals surface area contributed by atoms with Gasteiger partial charge in [0, 0.05) is 5.92 Å². The maximum atomic E-state index is 10.4. The highest BCUT2D eigenvalue weighted by molar-refractivity contribution is 5.16. The van der Waals surface area contributed by atoms with Gasteiger partial charge in [0.1, 0.15) is 0 Å². The van der Waals surface area contributed by atoms with E-state index < -0.39 is 11.2 Å². The van der Waals surface area contributed by atoms with Crippen molar-refractivity contribution in [3.8, 4) is 0 Å². The van der Waals surface area contributed by atoms with E-state index in [-0.39, 0.29) is 5.92 Å². The Balaban J connectivity index is 2.35. The second-order valence-corrected chi connectivity index (χ2v) is 4.58. The van der Waals surface area contributed by atoms with Gasteiger partial charge in [-0.25, -0.2) is 0 Å². The molecule has 0 aromatic rings. The van der Waals surface area contributed by atoms with Gasteiger partial charge in [0.15, 0.2) is 0 Å². The second kappa shape index (κ2) is 2.82. The predicted molar refractivity (Wildman–Crippen MR) is 51.3 cm³/mol. The lowest BCUT2D eigenvalue weighted by Gasteiger charge is -2.51. The van der Waals surface area contributed by atoms with E-state index >= 15 is 0 Å². The lowest BCUT2D eigenvalue weighted by atomic mass is 9.62. The molecule has 3 atom stereocenters. The maximum absolute atomic E-state index is 10.4. The summed E-state index contributed by atoms with van der Waals surface area (Å²) in [6.45, 7) is 1.99. The molecule has 13 heavy (non-hydrogen) atoms. The molecular formula is C11H18O2. The van der Waals surface area contributed by atoms with Crippen molar-refractivity contribution in [1.29, 1.82) is 0 Å². The molecule has 2 rings (SSSR count). The summed E-state index contributed by atoms with van der Waals surface area (Å²) in [4.78, 5) is 0. The fourth-order valence-corrected chi connectivity index (χ4v) is 2.82. The first-order chi connectivity index (χ1) is 6.08. The van der Waals surface area contributed by atoms with E-state index in [4.69, 9.17) is 0 Å². The van der Waals surface area contributed by atoms with E-state index in [0.29, 0.717) is 6.42 Å². The quantitative estimate of drug-likeness (QED) is 0.559. The second-order valence-electron chi connectivity index (χ2n) is 4.58. The molecule has 1 saturated carbocycles. The minimum absolute atomic E-state index is 0.0894. The Labute approximate surface area is 79.3 Å². The third-order valence-electron chi connectivity index (χ3n) is 3.84. The van der Waals surface area contributed by atoms with E-state index in [0.717, 1.165) is 25.7 Å². The molecule has 2 aliphatic carbocycles. The zero-order chi connectivity index (χ0) is 9.53. The van der Waals surface area contributed by atoms with Crippen molar-refractivity contribution < 1.29 is 10.2 Å². The number of aliphatic hydroxyl groups is 2. The van der Waals surface area contributed by atoms with Gasteiger partial charge in [-0.05, 0) is 19.3 Å². The van der Waals surface area contributed by atoms with Crippen LogP contribution >= 0.6 is 0 Å². The topological polar surface area (TPSA) is 40.5 Å². The summed E-state index contributed by atoms with van der Waals surface area (Å²) in [7, 11) is 0. The number of hydrogen-bond acceptors (Lipinski definition) is 2. The van der Waals surface area contributed by atoms with Crippen LogP contribution in [-0.2, 0) is 0 Å². The Morgan fingerprint density at radius 1 is 1.23 bits per heavy atom. The van der Waals surface area contributed by atoms with E-state index in [1.54, 1.807) is 0 Å². The van der Waals surface area contributed by atoms with Crippen LogP contribution in [0.4, 0.5) is 0 Å². The first kappa shape index (κ1) is 9.22. The van der Waals surface area contributed by atoms with Crippen LogP contribution in [0.1, 0.15) is 39.0 Å². The number of fused-ring (bicyclic) bond motifs is 1. The molecule has 0 aromatic carbocycles. The van der Waals surface area contributed by atoms with Crippen molar-refractivity contribution in [2.24, 2.45) is 5.92 Å². The standard InChI is InChI=1S/C11H18O2/c1-9-5-4-7-10(12)6-2-3-8-11(9,10)13/h4-5,9,12-13H,2-3,6-8H2,1H3/t9-,10+,11-/m1/s1.